The summed E-state index contributed by atoms with van der Waals surface area (Å²) in [5, 5.41) is 9.05. The molecular weight excluding hydrogens is 208 g/mol. The maximum absolute atomic E-state index is 11.7. The van der Waals surface area contributed by atoms with Gasteiger partial charge >= 0.3 is 0 Å². The van der Waals surface area contributed by atoms with Crippen LogP contribution >= 0.6 is 0 Å². The first-order chi connectivity index (χ1) is 7.76. The summed E-state index contributed by atoms with van der Waals surface area (Å²) in [5.41, 5.74) is 0.672. The van der Waals surface area contributed by atoms with Crippen LogP contribution in [0.4, 0.5) is 5.69 Å². The van der Waals surface area contributed by atoms with E-state index in [-0.39, 0.29) is 18.4 Å². The molecule has 1 unspecified atom stereocenters. The van der Waals surface area contributed by atoms with E-state index in [1.807, 2.05) is 0 Å². The lowest BCUT2D eigenvalue weighted by Crippen LogP contribution is -2.25. The molecule has 0 aliphatic carbocycles. The fourth-order valence-electron chi connectivity index (χ4n) is 1.89. The van der Waals surface area contributed by atoms with Gasteiger partial charge in [-0.25, -0.2) is 0 Å². The number of methoxy groups -OCH3 is 1. The molecule has 2 heterocycles. The van der Waals surface area contributed by atoms with Gasteiger partial charge in [-0.1, -0.05) is 0 Å². The quantitative estimate of drug-likeness (QED) is 0.805. The lowest BCUT2D eigenvalue weighted by molar-refractivity contribution is -0.117. The third kappa shape index (κ3) is 1.86. The Labute approximate surface area is 93.7 Å². The lowest BCUT2D eigenvalue weighted by atomic mass is 10.1. The van der Waals surface area contributed by atoms with E-state index in [0.717, 1.165) is 0 Å². The van der Waals surface area contributed by atoms with Crippen molar-refractivity contribution in [2.45, 2.75) is 6.42 Å². The zero-order valence-electron chi connectivity index (χ0n) is 9.09. The first-order valence-electron chi connectivity index (χ1n) is 5.15. The molecule has 0 aromatic carbocycles. The Balaban J connectivity index is 2.27. The second kappa shape index (κ2) is 4.49. The van der Waals surface area contributed by atoms with Crippen molar-refractivity contribution in [3.8, 4) is 5.75 Å². The molecule has 1 aliphatic heterocycles. The summed E-state index contributed by atoms with van der Waals surface area (Å²) in [5.74, 6) is 0.643. The average Bonchev–Trinajstić information content (AvgIpc) is 2.70. The molecular formula is C11H14N2O3. The number of rotatable bonds is 3. The van der Waals surface area contributed by atoms with Crippen molar-refractivity contribution in [1.29, 1.82) is 0 Å². The second-order valence-electron chi connectivity index (χ2n) is 3.80. The predicted molar refractivity (Wildman–Crippen MR) is 58.3 cm³/mol. The lowest BCUT2D eigenvalue weighted by Gasteiger charge is -2.18. The van der Waals surface area contributed by atoms with E-state index < -0.39 is 0 Å². The molecule has 1 saturated heterocycles. The normalized spacial score (nSPS) is 20.2. The van der Waals surface area contributed by atoms with Gasteiger partial charge in [0.1, 0.15) is 11.4 Å². The zero-order valence-corrected chi connectivity index (χ0v) is 9.09. The van der Waals surface area contributed by atoms with Gasteiger partial charge in [-0.05, 0) is 0 Å². The number of nitrogens with zero attached hydrogens (tertiary/aromatic N) is 2. The van der Waals surface area contributed by atoms with E-state index in [0.29, 0.717) is 24.4 Å². The number of hydrogen-bond acceptors (Lipinski definition) is 4. The fraction of sp³-hybridized carbons (Fsp3) is 0.455. The van der Waals surface area contributed by atoms with Crippen LogP contribution in [0.3, 0.4) is 0 Å². The van der Waals surface area contributed by atoms with Crippen LogP contribution in [-0.2, 0) is 4.79 Å². The van der Waals surface area contributed by atoms with Gasteiger partial charge < -0.3 is 14.7 Å². The van der Waals surface area contributed by atoms with Gasteiger partial charge in [0, 0.05) is 37.8 Å². The molecule has 1 aromatic heterocycles. The number of carbonyl (C=O) groups is 1. The molecule has 5 heteroatoms. The molecule has 1 fully saturated rings. The standard InChI is InChI=1S/C11H14N2O3/c1-16-10-2-3-12-5-9(10)13-6-8(7-14)4-11(13)15/h2-3,5,8,14H,4,6-7H2,1H3. The largest absolute Gasteiger partial charge is 0.494 e. The highest BCUT2D eigenvalue weighted by molar-refractivity contribution is 5.96. The summed E-state index contributed by atoms with van der Waals surface area (Å²) < 4.78 is 5.18. The Morgan fingerprint density at radius 2 is 2.50 bits per heavy atom. The van der Waals surface area contributed by atoms with E-state index in [1.165, 1.54) is 0 Å². The number of ether oxygens (including phenoxy) is 1. The Hall–Kier alpha value is -1.62. The molecule has 1 aliphatic rings. The molecule has 0 bridgehead atoms. The number of carbonyl (C=O) groups excluding carboxylic acids is 1. The smallest absolute Gasteiger partial charge is 0.227 e. The van der Waals surface area contributed by atoms with Crippen molar-refractivity contribution in [2.75, 3.05) is 25.2 Å². The van der Waals surface area contributed by atoms with Gasteiger partial charge in [0.15, 0.2) is 0 Å². The Morgan fingerprint density at radius 1 is 1.69 bits per heavy atom. The molecule has 16 heavy (non-hydrogen) atoms. The Morgan fingerprint density at radius 3 is 3.12 bits per heavy atom. The number of aromatic nitrogens is 1. The second-order valence-corrected chi connectivity index (χ2v) is 3.80. The topological polar surface area (TPSA) is 62.7 Å². The van der Waals surface area contributed by atoms with Gasteiger partial charge in [-0.2, -0.15) is 0 Å². The average molecular weight is 222 g/mol. The maximum atomic E-state index is 11.7. The van der Waals surface area contributed by atoms with Gasteiger partial charge in [0.05, 0.1) is 13.3 Å². The highest BCUT2D eigenvalue weighted by atomic mass is 16.5. The Bertz CT molecular complexity index is 395. The third-order valence-corrected chi connectivity index (χ3v) is 2.74. The monoisotopic (exact) mass is 222 g/mol. The number of aliphatic hydroxyl groups is 1. The summed E-state index contributed by atoms with van der Waals surface area (Å²) in [4.78, 5) is 17.3. The van der Waals surface area contributed by atoms with Gasteiger partial charge in [-0.15, -0.1) is 0 Å². The van der Waals surface area contributed by atoms with E-state index in [4.69, 9.17) is 9.84 Å². The van der Waals surface area contributed by atoms with E-state index in [2.05, 4.69) is 4.98 Å². The minimum absolute atomic E-state index is 0.00495. The first-order valence-corrected chi connectivity index (χ1v) is 5.15. The summed E-state index contributed by atoms with van der Waals surface area (Å²) in [6, 6.07) is 1.72. The van der Waals surface area contributed by atoms with Crippen molar-refractivity contribution in [3.63, 3.8) is 0 Å². The van der Waals surface area contributed by atoms with Crippen molar-refractivity contribution >= 4 is 11.6 Å². The summed E-state index contributed by atoms with van der Waals surface area (Å²) in [7, 11) is 1.56. The van der Waals surface area contributed by atoms with Gasteiger partial charge in [-0.3, -0.25) is 9.78 Å². The van der Waals surface area contributed by atoms with E-state index in [9.17, 15) is 4.79 Å². The van der Waals surface area contributed by atoms with Gasteiger partial charge in [0.25, 0.3) is 0 Å². The molecule has 2 rings (SSSR count). The highest BCUT2D eigenvalue weighted by Crippen LogP contribution is 2.31. The van der Waals surface area contributed by atoms with Crippen LogP contribution in [0, 0.1) is 5.92 Å². The number of amides is 1. The first kappa shape index (κ1) is 10.9. The maximum Gasteiger partial charge on any atom is 0.227 e. The number of anilines is 1. The minimum atomic E-state index is 0.00495. The summed E-state index contributed by atoms with van der Waals surface area (Å²) in [6.07, 6.45) is 3.61. The molecule has 0 radical (unpaired) electrons. The number of hydrogen-bond donors (Lipinski definition) is 1. The van der Waals surface area contributed by atoms with Crippen molar-refractivity contribution in [3.05, 3.63) is 18.5 Å². The third-order valence-electron chi connectivity index (χ3n) is 2.74. The molecule has 5 nitrogen and oxygen atoms in total. The van der Waals surface area contributed by atoms with Crippen LogP contribution in [-0.4, -0.2) is 36.3 Å². The molecule has 86 valence electrons. The number of pyridine rings is 1. The van der Waals surface area contributed by atoms with Crippen molar-refractivity contribution < 1.29 is 14.6 Å². The van der Waals surface area contributed by atoms with Gasteiger partial charge in [0.2, 0.25) is 5.91 Å². The number of aliphatic hydroxyl groups excluding tert-OH is 1. The van der Waals surface area contributed by atoms with E-state index in [1.54, 1.807) is 30.5 Å². The van der Waals surface area contributed by atoms with Crippen molar-refractivity contribution in [1.82, 2.24) is 4.98 Å². The summed E-state index contributed by atoms with van der Waals surface area (Å²) >= 11 is 0. The molecule has 1 amide bonds. The van der Waals surface area contributed by atoms with Crippen LogP contribution in [0.2, 0.25) is 0 Å². The SMILES string of the molecule is COc1ccncc1N1CC(CO)CC1=O. The molecule has 1 N–H and O–H groups in total. The molecule has 0 saturated carbocycles. The fourth-order valence-corrected chi connectivity index (χ4v) is 1.89. The molecule has 1 aromatic rings. The van der Waals surface area contributed by atoms with Crippen LogP contribution < -0.4 is 9.64 Å². The zero-order chi connectivity index (χ0) is 11.5. The van der Waals surface area contributed by atoms with Crippen molar-refractivity contribution in [2.24, 2.45) is 5.92 Å². The minimum Gasteiger partial charge on any atom is -0.494 e. The van der Waals surface area contributed by atoms with Crippen LogP contribution in [0.25, 0.3) is 0 Å². The predicted octanol–water partition coefficient (Wildman–Crippen LogP) is 0.435. The summed E-state index contributed by atoms with van der Waals surface area (Å²) in [6.45, 7) is 0.558. The van der Waals surface area contributed by atoms with Crippen LogP contribution in [0.15, 0.2) is 18.5 Å². The van der Waals surface area contributed by atoms with Crippen LogP contribution in [0.5, 0.6) is 5.75 Å². The highest BCUT2D eigenvalue weighted by Gasteiger charge is 2.31. The molecule has 1 atom stereocenters. The molecule has 0 spiro atoms. The van der Waals surface area contributed by atoms with E-state index >= 15 is 0 Å². The van der Waals surface area contributed by atoms with Crippen LogP contribution in [0.1, 0.15) is 6.42 Å². The Kier molecular flexibility index (Phi) is 3.05.